The molecule has 6 aromatic rings. The Labute approximate surface area is 315 Å². The number of hydrogen-bond acceptors (Lipinski definition) is 2. The molecule has 50 heavy (non-hydrogen) atoms. The minimum Gasteiger partial charge on any atom is -0.302 e. The van der Waals surface area contributed by atoms with Crippen molar-refractivity contribution in [2.75, 3.05) is 12.3 Å². The molecule has 0 saturated heterocycles. The second-order valence-corrected chi connectivity index (χ2v) is 18.4. The van der Waals surface area contributed by atoms with E-state index in [2.05, 4.69) is 180 Å². The van der Waals surface area contributed by atoms with E-state index >= 15 is 0 Å². The number of fused-ring (bicyclic) bond motifs is 2. The second-order valence-electron chi connectivity index (χ2n) is 13.3. The van der Waals surface area contributed by atoms with E-state index in [0.29, 0.717) is 12.1 Å². The molecule has 0 saturated carbocycles. The van der Waals surface area contributed by atoms with Crippen molar-refractivity contribution in [2.24, 2.45) is 0 Å². The fourth-order valence-corrected chi connectivity index (χ4v) is 13.6. The molecule has 0 unspecified atom stereocenters. The SMILES string of the molecule is [B].[RuH+2].c1ccc([PH+](C[C@@H]2Cc3ccccc3[C@@H]([C@H]3N[C@H](C[PH+](c4ccccc4)c4ccccc4)Cc4ccccc43)N2)c2ccccc2)cc1. The molecule has 0 amide bonds. The zero-order valence-electron chi connectivity index (χ0n) is 28.3. The van der Waals surface area contributed by atoms with Gasteiger partial charge >= 0.3 is 19.5 Å². The van der Waals surface area contributed by atoms with E-state index in [-0.39, 0.29) is 40.0 Å². The van der Waals surface area contributed by atoms with Crippen molar-refractivity contribution in [3.05, 3.63) is 192 Å². The average molecular weight is 776 g/mol. The summed E-state index contributed by atoms with van der Waals surface area (Å²) in [5.41, 5.74) is 5.89. The van der Waals surface area contributed by atoms with E-state index in [1.807, 2.05) is 0 Å². The minimum absolute atomic E-state index is 0. The molecule has 0 bridgehead atoms. The van der Waals surface area contributed by atoms with Crippen LogP contribution in [0.25, 0.3) is 0 Å². The number of rotatable bonds is 9. The van der Waals surface area contributed by atoms with E-state index in [9.17, 15) is 0 Å². The van der Waals surface area contributed by atoms with Gasteiger partial charge in [-0.2, -0.15) is 0 Å². The van der Waals surface area contributed by atoms with Crippen LogP contribution in [0, 0.1) is 0 Å². The predicted octanol–water partition coefficient (Wildman–Crippen LogP) is 6.58. The minimum atomic E-state index is -0.979. The first-order chi connectivity index (χ1) is 23.8. The predicted molar refractivity (Wildman–Crippen MR) is 217 cm³/mol. The van der Waals surface area contributed by atoms with Crippen molar-refractivity contribution >= 4 is 45.5 Å². The quantitative estimate of drug-likeness (QED) is 0.128. The topological polar surface area (TPSA) is 24.1 Å². The molecule has 2 aliphatic heterocycles. The van der Waals surface area contributed by atoms with E-state index < -0.39 is 15.8 Å². The summed E-state index contributed by atoms with van der Waals surface area (Å²) in [5, 5.41) is 14.6. The van der Waals surface area contributed by atoms with Crippen LogP contribution >= 0.6 is 15.8 Å². The summed E-state index contributed by atoms with van der Waals surface area (Å²) < 4.78 is 0. The van der Waals surface area contributed by atoms with Gasteiger partial charge in [0.05, 0.1) is 61.5 Å². The third kappa shape index (κ3) is 8.13. The second kappa shape index (κ2) is 17.3. The third-order valence-electron chi connectivity index (χ3n) is 10.3. The Morgan fingerprint density at radius 3 is 1.00 bits per heavy atom. The molecule has 6 heteroatoms. The van der Waals surface area contributed by atoms with Crippen molar-refractivity contribution < 1.29 is 19.5 Å². The molecule has 3 radical (unpaired) electrons. The number of benzene rings is 6. The summed E-state index contributed by atoms with van der Waals surface area (Å²) in [6.07, 6.45) is 4.42. The van der Waals surface area contributed by atoms with E-state index in [1.54, 1.807) is 0 Å². The van der Waals surface area contributed by atoms with Crippen LogP contribution in [0.15, 0.2) is 170 Å². The van der Waals surface area contributed by atoms with Gasteiger partial charge in [-0.1, -0.05) is 121 Å². The normalized spacial score (nSPS) is 19.5. The summed E-state index contributed by atoms with van der Waals surface area (Å²) in [6, 6.07) is 64.6. The molecule has 2 nitrogen and oxygen atoms in total. The van der Waals surface area contributed by atoms with Gasteiger partial charge < -0.3 is 10.6 Å². The van der Waals surface area contributed by atoms with Gasteiger partial charge in [0.15, 0.2) is 0 Å². The molecular weight excluding hydrogens is 730 g/mol. The first kappa shape index (κ1) is 36.6. The molecule has 0 aromatic heterocycles. The van der Waals surface area contributed by atoms with E-state index in [0.717, 1.165) is 25.2 Å². The van der Waals surface area contributed by atoms with Crippen molar-refractivity contribution in [3.8, 4) is 0 Å². The molecule has 8 rings (SSSR count). The van der Waals surface area contributed by atoms with Gasteiger partial charge in [-0.3, -0.25) is 0 Å². The van der Waals surface area contributed by atoms with Gasteiger partial charge in [0.2, 0.25) is 0 Å². The van der Waals surface area contributed by atoms with Gasteiger partial charge in [-0.25, -0.2) is 0 Å². The maximum atomic E-state index is 4.30. The van der Waals surface area contributed by atoms with Crippen molar-refractivity contribution in [3.63, 3.8) is 0 Å². The first-order valence-electron chi connectivity index (χ1n) is 17.4. The Hall–Kier alpha value is -3.21. The largest absolute Gasteiger partial charge is 0.302 e. The fourth-order valence-electron chi connectivity index (χ4n) is 8.05. The van der Waals surface area contributed by atoms with E-state index in [4.69, 9.17) is 0 Å². The Bertz CT molecular complexity index is 1710. The van der Waals surface area contributed by atoms with Crippen LogP contribution in [0.3, 0.4) is 0 Å². The number of nitrogens with one attached hydrogen (secondary N) is 2. The zero-order valence-corrected chi connectivity index (χ0v) is 32.1. The molecule has 0 aliphatic carbocycles. The first-order valence-corrected chi connectivity index (χ1v) is 20.8. The summed E-state index contributed by atoms with van der Waals surface area (Å²) in [7, 11) is -1.96. The van der Waals surface area contributed by atoms with Crippen molar-refractivity contribution in [2.45, 2.75) is 37.0 Å². The van der Waals surface area contributed by atoms with Crippen LogP contribution in [0.2, 0.25) is 0 Å². The molecular formula is C44H45BN2P2Ru+4. The summed E-state index contributed by atoms with van der Waals surface area (Å²) in [5.74, 6) is 0. The third-order valence-corrected chi connectivity index (χ3v) is 16.2. The number of hydrogen-bond donors (Lipinski definition) is 2. The Kier molecular flexibility index (Phi) is 12.7. The van der Waals surface area contributed by atoms with Gasteiger partial charge in [0, 0.05) is 20.5 Å². The Morgan fingerprint density at radius 1 is 0.400 bits per heavy atom. The van der Waals surface area contributed by atoms with Crippen LogP contribution in [-0.4, -0.2) is 32.8 Å². The van der Waals surface area contributed by atoms with Crippen LogP contribution in [0.1, 0.15) is 34.3 Å². The van der Waals surface area contributed by atoms with Gasteiger partial charge in [0.25, 0.3) is 0 Å². The molecule has 0 spiro atoms. The van der Waals surface area contributed by atoms with Crippen LogP contribution < -0.4 is 31.9 Å². The van der Waals surface area contributed by atoms with Crippen molar-refractivity contribution in [1.82, 2.24) is 10.6 Å². The van der Waals surface area contributed by atoms with Crippen LogP contribution in [0.5, 0.6) is 0 Å². The standard InChI is InChI=1S/C44H42N2P2.B.Ru.H/c1-5-19-37(20-6-1)47(38-21-7-2-8-22-38)31-35-29-33-17-13-15-27-41(33)43(45-35)44-42-28-16-14-18-34(42)30-36(46-44)32-48(39-23-9-3-10-24-39)40-25-11-4-12-26-40;;;/h1-28,35-36,43-46H,29-32H2;;;/q;;+2;/p+2/t35-,36-,43-,44-;;;/m0.../s1. The van der Waals surface area contributed by atoms with Crippen LogP contribution in [0.4, 0.5) is 0 Å². The Balaban J connectivity index is 0.00000216. The molecule has 0 fully saturated rings. The molecule has 6 aromatic carbocycles. The van der Waals surface area contributed by atoms with Crippen LogP contribution in [-0.2, 0) is 32.3 Å². The monoisotopic (exact) mass is 776 g/mol. The summed E-state index contributed by atoms with van der Waals surface area (Å²) in [6.45, 7) is 0. The molecule has 248 valence electrons. The molecule has 2 heterocycles. The average Bonchev–Trinajstić information content (AvgIpc) is 3.17. The summed E-state index contributed by atoms with van der Waals surface area (Å²) in [4.78, 5) is 0. The molecule has 2 N–H and O–H groups in total. The molecule has 4 atom stereocenters. The fraction of sp³-hybridized carbons (Fsp3) is 0.182. The summed E-state index contributed by atoms with van der Waals surface area (Å²) >= 11 is 0. The van der Waals surface area contributed by atoms with Gasteiger partial charge in [0.1, 0.15) is 0 Å². The van der Waals surface area contributed by atoms with Gasteiger partial charge in [-0.15, -0.1) is 0 Å². The molecule has 2 aliphatic rings. The van der Waals surface area contributed by atoms with Crippen molar-refractivity contribution in [1.29, 1.82) is 0 Å². The maximum Gasteiger partial charge on any atom is 0.0967 e. The maximum absolute atomic E-state index is 4.30. The Morgan fingerprint density at radius 2 is 0.680 bits per heavy atom. The van der Waals surface area contributed by atoms with E-state index in [1.165, 1.54) is 43.5 Å². The zero-order chi connectivity index (χ0) is 32.1. The smallest absolute Gasteiger partial charge is 0.0967 e. The van der Waals surface area contributed by atoms with Gasteiger partial charge in [-0.05, 0) is 83.6 Å².